The maximum atomic E-state index is 6.48. The van der Waals surface area contributed by atoms with Gasteiger partial charge in [0.2, 0.25) is 0 Å². The lowest BCUT2D eigenvalue weighted by Gasteiger charge is -2.07. The Bertz CT molecular complexity index is 842. The first kappa shape index (κ1) is 17.1. The minimum atomic E-state index is 0.696. The molecule has 0 saturated carbocycles. The lowest BCUT2D eigenvalue weighted by molar-refractivity contribution is 0.748. The number of hydrogen-bond donors (Lipinski definition) is 2. The van der Waals surface area contributed by atoms with Crippen LogP contribution in [0, 0.1) is 3.57 Å². The summed E-state index contributed by atoms with van der Waals surface area (Å²) in [5, 5.41) is 2.47. The van der Waals surface area contributed by atoms with Crippen molar-refractivity contribution >= 4 is 56.7 Å². The Labute approximate surface area is 159 Å². The molecule has 0 amide bonds. The number of H-pyrrole nitrogens is 1. The van der Waals surface area contributed by atoms with Crippen molar-refractivity contribution in [2.75, 3.05) is 6.54 Å². The van der Waals surface area contributed by atoms with Gasteiger partial charge in [0.1, 0.15) is 0 Å². The van der Waals surface area contributed by atoms with E-state index in [1.54, 1.807) is 0 Å². The van der Waals surface area contributed by atoms with Gasteiger partial charge in [0.25, 0.3) is 0 Å². The van der Waals surface area contributed by atoms with Gasteiger partial charge >= 0.3 is 0 Å². The van der Waals surface area contributed by atoms with E-state index in [2.05, 4.69) is 45.8 Å². The number of nitrogens with one attached hydrogen (secondary N) is 1. The molecular weight excluding hydrogens is 442 g/mol. The normalized spacial score (nSPS) is 11.3. The number of hydrogen-bond acceptors (Lipinski definition) is 1. The number of halogens is 3. The number of fused-ring (bicyclic) bond motifs is 1. The first-order valence-electron chi connectivity index (χ1n) is 7.57. The number of aromatic nitrogens is 1. The molecule has 1 aromatic heterocycles. The molecule has 0 unspecified atom stereocenters. The van der Waals surface area contributed by atoms with Gasteiger partial charge in [-0.2, -0.15) is 0 Å². The summed E-state index contributed by atoms with van der Waals surface area (Å²) in [6.07, 6.45) is 2.95. The monoisotopic (exact) mass is 458 g/mol. The molecule has 0 fully saturated rings. The minimum Gasteiger partial charge on any atom is -0.353 e. The van der Waals surface area contributed by atoms with Crippen molar-refractivity contribution in [2.45, 2.75) is 19.3 Å². The first-order valence-corrected chi connectivity index (χ1v) is 9.40. The topological polar surface area (TPSA) is 41.8 Å². The highest BCUT2D eigenvalue weighted by Crippen LogP contribution is 2.39. The molecule has 0 atom stereocenters. The predicted molar refractivity (Wildman–Crippen MR) is 108 cm³/mol. The summed E-state index contributed by atoms with van der Waals surface area (Å²) in [5.74, 6) is 0. The second-order valence-corrected chi connectivity index (χ2v) is 7.46. The van der Waals surface area contributed by atoms with Gasteiger partial charge in [-0.05, 0) is 72.2 Å². The lowest BCUT2D eigenvalue weighted by Crippen LogP contribution is -1.99. The molecule has 3 N–H and O–H groups in total. The number of rotatable bonds is 5. The SMILES string of the molecule is NCCCCc1c(-c2ccccc2I)[nH]c2c(Cl)ccc(Cl)c12. The minimum absolute atomic E-state index is 0.696. The molecular formula is C18H17Cl2IN2. The van der Waals surface area contributed by atoms with Crippen LogP contribution < -0.4 is 5.73 Å². The number of nitrogens with two attached hydrogens (primary N) is 1. The van der Waals surface area contributed by atoms with Crippen molar-refractivity contribution in [1.82, 2.24) is 4.98 Å². The van der Waals surface area contributed by atoms with Crippen LogP contribution >= 0.6 is 45.8 Å². The van der Waals surface area contributed by atoms with Gasteiger partial charge in [-0.25, -0.2) is 0 Å². The molecule has 0 spiro atoms. The molecule has 0 aliphatic rings. The maximum absolute atomic E-state index is 6.48. The third-order valence-electron chi connectivity index (χ3n) is 3.98. The van der Waals surface area contributed by atoms with E-state index in [4.69, 9.17) is 28.9 Å². The maximum Gasteiger partial charge on any atom is 0.0666 e. The molecule has 0 aliphatic heterocycles. The van der Waals surface area contributed by atoms with Gasteiger partial charge in [0.05, 0.1) is 21.3 Å². The van der Waals surface area contributed by atoms with E-state index < -0.39 is 0 Å². The molecule has 0 saturated heterocycles. The Kier molecular flexibility index (Phi) is 5.52. The highest BCUT2D eigenvalue weighted by atomic mass is 127. The summed E-state index contributed by atoms with van der Waals surface area (Å²) in [6.45, 7) is 0.703. The van der Waals surface area contributed by atoms with Crippen molar-refractivity contribution in [2.24, 2.45) is 5.73 Å². The van der Waals surface area contributed by atoms with Gasteiger partial charge in [-0.15, -0.1) is 0 Å². The summed E-state index contributed by atoms with van der Waals surface area (Å²) in [7, 11) is 0. The molecule has 2 nitrogen and oxygen atoms in total. The van der Waals surface area contributed by atoms with Crippen molar-refractivity contribution < 1.29 is 0 Å². The molecule has 2 aromatic carbocycles. The largest absolute Gasteiger partial charge is 0.353 e. The molecule has 0 radical (unpaired) electrons. The summed E-state index contributed by atoms with van der Waals surface area (Å²) >= 11 is 15.2. The number of aromatic amines is 1. The van der Waals surface area contributed by atoms with E-state index in [0.29, 0.717) is 11.6 Å². The highest BCUT2D eigenvalue weighted by Gasteiger charge is 2.18. The molecule has 3 rings (SSSR count). The Balaban J connectivity index is 2.24. The standard InChI is InChI=1S/C18H17Cl2IN2/c19-13-8-9-14(20)18-16(13)12(6-3-4-10-22)17(23-18)11-5-1-2-7-15(11)21/h1-2,5,7-9,23H,3-4,6,10,22H2. The summed E-state index contributed by atoms with van der Waals surface area (Å²) in [5.41, 5.74) is 10.1. The third kappa shape index (κ3) is 3.38. The molecule has 3 aromatic rings. The van der Waals surface area contributed by atoms with Crippen molar-refractivity contribution in [3.8, 4) is 11.3 Å². The quantitative estimate of drug-likeness (QED) is 0.355. The van der Waals surface area contributed by atoms with E-state index in [1.807, 2.05) is 18.2 Å². The van der Waals surface area contributed by atoms with E-state index >= 15 is 0 Å². The smallest absolute Gasteiger partial charge is 0.0666 e. The van der Waals surface area contributed by atoms with Crippen LogP contribution in [0.4, 0.5) is 0 Å². The Morgan fingerprint density at radius 2 is 1.74 bits per heavy atom. The number of aryl methyl sites for hydroxylation is 1. The van der Waals surface area contributed by atoms with Crippen LogP contribution in [0.3, 0.4) is 0 Å². The zero-order chi connectivity index (χ0) is 16.4. The van der Waals surface area contributed by atoms with E-state index in [1.165, 1.54) is 14.7 Å². The van der Waals surface area contributed by atoms with Crippen LogP contribution in [0.15, 0.2) is 36.4 Å². The Hall–Kier alpha value is -0.750. The second-order valence-electron chi connectivity index (χ2n) is 5.48. The zero-order valence-corrected chi connectivity index (χ0v) is 16.2. The fourth-order valence-corrected chi connectivity index (χ4v) is 4.02. The van der Waals surface area contributed by atoms with E-state index in [9.17, 15) is 0 Å². The number of benzene rings is 2. The second kappa shape index (κ2) is 7.43. The van der Waals surface area contributed by atoms with Crippen LogP contribution in [-0.2, 0) is 6.42 Å². The summed E-state index contributed by atoms with van der Waals surface area (Å²) < 4.78 is 1.20. The van der Waals surface area contributed by atoms with Crippen LogP contribution in [-0.4, -0.2) is 11.5 Å². The fraction of sp³-hybridized carbons (Fsp3) is 0.222. The van der Waals surface area contributed by atoms with Crippen LogP contribution in [0.25, 0.3) is 22.2 Å². The molecule has 120 valence electrons. The Morgan fingerprint density at radius 3 is 2.48 bits per heavy atom. The van der Waals surface area contributed by atoms with Gasteiger partial charge < -0.3 is 10.7 Å². The van der Waals surface area contributed by atoms with E-state index in [-0.39, 0.29) is 0 Å². The average molecular weight is 459 g/mol. The highest BCUT2D eigenvalue weighted by molar-refractivity contribution is 14.1. The zero-order valence-electron chi connectivity index (χ0n) is 12.5. The van der Waals surface area contributed by atoms with E-state index in [0.717, 1.165) is 40.9 Å². The van der Waals surface area contributed by atoms with Gasteiger partial charge in [0, 0.05) is 14.5 Å². The Morgan fingerprint density at radius 1 is 1.00 bits per heavy atom. The summed E-state index contributed by atoms with van der Waals surface area (Å²) in [4.78, 5) is 3.50. The fourth-order valence-electron chi connectivity index (χ4n) is 2.88. The predicted octanol–water partition coefficient (Wildman–Crippen LogP) is 6.03. The molecule has 23 heavy (non-hydrogen) atoms. The van der Waals surface area contributed by atoms with Crippen LogP contribution in [0.1, 0.15) is 18.4 Å². The van der Waals surface area contributed by atoms with Crippen LogP contribution in [0.2, 0.25) is 10.0 Å². The lowest BCUT2D eigenvalue weighted by atomic mass is 10.0. The first-order chi connectivity index (χ1) is 11.1. The summed E-state index contributed by atoms with van der Waals surface area (Å²) in [6, 6.07) is 12.0. The van der Waals surface area contributed by atoms with Crippen LogP contribution in [0.5, 0.6) is 0 Å². The van der Waals surface area contributed by atoms with Crippen molar-refractivity contribution in [1.29, 1.82) is 0 Å². The van der Waals surface area contributed by atoms with Gasteiger partial charge in [-0.3, -0.25) is 0 Å². The van der Waals surface area contributed by atoms with Crippen molar-refractivity contribution in [3.05, 3.63) is 55.6 Å². The average Bonchev–Trinajstić information content (AvgIpc) is 2.92. The number of unbranched alkanes of at least 4 members (excludes halogenated alkanes) is 1. The van der Waals surface area contributed by atoms with Gasteiger partial charge in [-0.1, -0.05) is 41.4 Å². The molecule has 0 bridgehead atoms. The molecule has 1 heterocycles. The molecule has 5 heteroatoms. The third-order valence-corrected chi connectivity index (χ3v) is 5.55. The van der Waals surface area contributed by atoms with Crippen molar-refractivity contribution in [3.63, 3.8) is 0 Å². The molecule has 0 aliphatic carbocycles. The van der Waals surface area contributed by atoms with Gasteiger partial charge in [0.15, 0.2) is 0 Å².